The Morgan fingerprint density at radius 3 is 2.32 bits per heavy atom. The zero-order valence-corrected chi connectivity index (χ0v) is 11.0. The molecule has 19 heavy (non-hydrogen) atoms. The minimum absolute atomic E-state index is 0.304. The van der Waals surface area contributed by atoms with Gasteiger partial charge in [0.15, 0.2) is 0 Å². The second-order valence-electron chi connectivity index (χ2n) is 5.16. The molecule has 0 spiro atoms. The van der Waals surface area contributed by atoms with Gasteiger partial charge in [0.2, 0.25) is 0 Å². The fourth-order valence-electron chi connectivity index (χ4n) is 2.96. The molecule has 0 bridgehead atoms. The van der Waals surface area contributed by atoms with Gasteiger partial charge in [-0.1, -0.05) is 36.4 Å². The van der Waals surface area contributed by atoms with E-state index in [2.05, 4.69) is 12.1 Å². The summed E-state index contributed by atoms with van der Waals surface area (Å²) in [6.07, 6.45) is 1.08. The Bertz CT molecular complexity index is 607. The summed E-state index contributed by atoms with van der Waals surface area (Å²) in [6.45, 7) is 2.17. The summed E-state index contributed by atoms with van der Waals surface area (Å²) in [5, 5.41) is 2.45. The molecule has 3 rings (SSSR count). The van der Waals surface area contributed by atoms with E-state index in [4.69, 9.17) is 10.5 Å². The van der Waals surface area contributed by atoms with Crippen LogP contribution in [0.5, 0.6) is 0 Å². The van der Waals surface area contributed by atoms with Crippen LogP contribution < -0.4 is 5.73 Å². The highest BCUT2D eigenvalue weighted by atomic mass is 16.5. The Labute approximate surface area is 112 Å². The normalized spacial score (nSPS) is 16.3. The standard InChI is InChI=1S/C16H17NO2/c1-2-19-15(18)16(17)9-12-7-3-5-11-6-4-8-13(10-16)14(11)12/h3-8H,2,9-10,17H2,1H3. The van der Waals surface area contributed by atoms with E-state index in [1.165, 1.54) is 10.8 Å². The number of hydrogen-bond donors (Lipinski definition) is 1. The van der Waals surface area contributed by atoms with Crippen LogP contribution >= 0.6 is 0 Å². The van der Waals surface area contributed by atoms with Crippen LogP contribution in [0.3, 0.4) is 0 Å². The predicted octanol–water partition coefficient (Wildman–Crippen LogP) is 2.20. The topological polar surface area (TPSA) is 52.3 Å². The van der Waals surface area contributed by atoms with Crippen molar-refractivity contribution in [1.29, 1.82) is 0 Å². The Morgan fingerprint density at radius 1 is 1.21 bits per heavy atom. The maximum Gasteiger partial charge on any atom is 0.326 e. The van der Waals surface area contributed by atoms with E-state index in [0.717, 1.165) is 11.1 Å². The first kappa shape index (κ1) is 12.2. The van der Waals surface area contributed by atoms with E-state index in [-0.39, 0.29) is 5.97 Å². The van der Waals surface area contributed by atoms with Crippen molar-refractivity contribution >= 4 is 16.7 Å². The van der Waals surface area contributed by atoms with Gasteiger partial charge in [0, 0.05) is 12.8 Å². The molecule has 0 unspecified atom stereocenters. The Kier molecular flexibility index (Phi) is 2.79. The molecule has 0 radical (unpaired) electrons. The van der Waals surface area contributed by atoms with Gasteiger partial charge in [-0.2, -0.15) is 0 Å². The van der Waals surface area contributed by atoms with Crippen molar-refractivity contribution in [3.8, 4) is 0 Å². The maximum atomic E-state index is 12.1. The lowest BCUT2D eigenvalue weighted by Crippen LogP contribution is -2.54. The van der Waals surface area contributed by atoms with Gasteiger partial charge in [0.25, 0.3) is 0 Å². The zero-order valence-electron chi connectivity index (χ0n) is 11.0. The Morgan fingerprint density at radius 2 is 1.79 bits per heavy atom. The molecule has 0 saturated carbocycles. The number of benzene rings is 2. The molecular formula is C16H17NO2. The van der Waals surface area contributed by atoms with E-state index in [9.17, 15) is 4.79 Å². The molecule has 0 aliphatic heterocycles. The van der Waals surface area contributed by atoms with Crippen molar-refractivity contribution in [2.24, 2.45) is 5.73 Å². The van der Waals surface area contributed by atoms with Gasteiger partial charge in [-0.25, -0.2) is 0 Å². The van der Waals surface area contributed by atoms with Crippen LogP contribution in [0.15, 0.2) is 36.4 Å². The number of hydrogen-bond acceptors (Lipinski definition) is 3. The molecular weight excluding hydrogens is 238 g/mol. The Hall–Kier alpha value is -1.87. The second-order valence-corrected chi connectivity index (χ2v) is 5.16. The SMILES string of the molecule is CCOC(=O)C1(N)Cc2cccc3cccc(c23)C1. The highest BCUT2D eigenvalue weighted by Crippen LogP contribution is 2.33. The van der Waals surface area contributed by atoms with Crippen LogP contribution in [0, 0.1) is 0 Å². The minimum atomic E-state index is -0.932. The summed E-state index contributed by atoms with van der Waals surface area (Å²) in [4.78, 5) is 12.1. The molecule has 0 aromatic heterocycles. The summed E-state index contributed by atoms with van der Waals surface area (Å²) in [6, 6.07) is 12.3. The van der Waals surface area contributed by atoms with E-state index in [1.807, 2.05) is 24.3 Å². The number of ether oxygens (including phenoxy) is 1. The molecule has 98 valence electrons. The largest absolute Gasteiger partial charge is 0.465 e. The average Bonchev–Trinajstić information content (AvgIpc) is 2.39. The monoisotopic (exact) mass is 255 g/mol. The van der Waals surface area contributed by atoms with E-state index in [0.29, 0.717) is 19.4 Å². The van der Waals surface area contributed by atoms with Crippen LogP contribution in [-0.4, -0.2) is 18.1 Å². The number of carbonyl (C=O) groups excluding carboxylic acids is 1. The summed E-state index contributed by atoms with van der Waals surface area (Å²) >= 11 is 0. The van der Waals surface area contributed by atoms with E-state index >= 15 is 0 Å². The lowest BCUT2D eigenvalue weighted by atomic mass is 9.77. The molecule has 0 atom stereocenters. The van der Waals surface area contributed by atoms with Crippen LogP contribution in [0.2, 0.25) is 0 Å². The first-order valence-electron chi connectivity index (χ1n) is 6.59. The van der Waals surface area contributed by atoms with Crippen molar-refractivity contribution < 1.29 is 9.53 Å². The molecule has 0 heterocycles. The van der Waals surface area contributed by atoms with Gasteiger partial charge in [0.05, 0.1) is 6.61 Å². The van der Waals surface area contributed by atoms with Crippen molar-refractivity contribution in [1.82, 2.24) is 0 Å². The van der Waals surface area contributed by atoms with Crippen LogP contribution in [0.4, 0.5) is 0 Å². The average molecular weight is 255 g/mol. The van der Waals surface area contributed by atoms with Gasteiger partial charge < -0.3 is 10.5 Å². The second kappa shape index (κ2) is 4.35. The van der Waals surface area contributed by atoms with Crippen LogP contribution in [0.1, 0.15) is 18.1 Å². The quantitative estimate of drug-likeness (QED) is 0.837. The lowest BCUT2D eigenvalue weighted by molar-refractivity contribution is -0.149. The summed E-state index contributed by atoms with van der Waals surface area (Å²) < 4.78 is 5.13. The minimum Gasteiger partial charge on any atom is -0.465 e. The van der Waals surface area contributed by atoms with Crippen LogP contribution in [0.25, 0.3) is 10.8 Å². The van der Waals surface area contributed by atoms with Gasteiger partial charge >= 0.3 is 5.97 Å². The molecule has 0 amide bonds. The molecule has 1 aliphatic rings. The molecule has 3 heteroatoms. The van der Waals surface area contributed by atoms with Crippen LogP contribution in [-0.2, 0) is 22.4 Å². The van der Waals surface area contributed by atoms with Gasteiger partial charge in [-0.15, -0.1) is 0 Å². The zero-order chi connectivity index (χ0) is 13.5. The number of nitrogens with two attached hydrogens (primary N) is 1. The molecule has 3 nitrogen and oxygen atoms in total. The molecule has 0 fully saturated rings. The smallest absolute Gasteiger partial charge is 0.326 e. The highest BCUT2D eigenvalue weighted by molar-refractivity contribution is 5.93. The first-order chi connectivity index (χ1) is 9.14. The number of rotatable bonds is 2. The summed E-state index contributed by atoms with van der Waals surface area (Å²) in [7, 11) is 0. The molecule has 2 N–H and O–H groups in total. The van der Waals surface area contributed by atoms with Gasteiger partial charge in [0.1, 0.15) is 5.54 Å². The third-order valence-corrected chi connectivity index (χ3v) is 3.77. The molecule has 2 aromatic rings. The molecule has 2 aromatic carbocycles. The van der Waals surface area contributed by atoms with E-state index < -0.39 is 5.54 Å². The van der Waals surface area contributed by atoms with E-state index in [1.54, 1.807) is 6.92 Å². The predicted molar refractivity (Wildman–Crippen MR) is 74.9 cm³/mol. The fourth-order valence-corrected chi connectivity index (χ4v) is 2.96. The summed E-state index contributed by atoms with van der Waals surface area (Å²) in [5.74, 6) is -0.304. The summed E-state index contributed by atoms with van der Waals surface area (Å²) in [5.41, 5.74) is 7.64. The molecule has 0 saturated heterocycles. The lowest BCUT2D eigenvalue weighted by Gasteiger charge is -2.32. The maximum absolute atomic E-state index is 12.1. The van der Waals surface area contributed by atoms with Crippen molar-refractivity contribution in [3.63, 3.8) is 0 Å². The Balaban J connectivity index is 2.10. The third kappa shape index (κ3) is 1.90. The van der Waals surface area contributed by atoms with Crippen molar-refractivity contribution in [2.75, 3.05) is 6.61 Å². The third-order valence-electron chi connectivity index (χ3n) is 3.77. The van der Waals surface area contributed by atoms with Crippen molar-refractivity contribution in [2.45, 2.75) is 25.3 Å². The fraction of sp³-hybridized carbons (Fsp3) is 0.312. The highest BCUT2D eigenvalue weighted by Gasteiger charge is 2.39. The van der Waals surface area contributed by atoms with Gasteiger partial charge in [-0.3, -0.25) is 4.79 Å². The molecule has 1 aliphatic carbocycles. The first-order valence-corrected chi connectivity index (χ1v) is 6.59. The van der Waals surface area contributed by atoms with Crippen molar-refractivity contribution in [3.05, 3.63) is 47.5 Å². The number of esters is 1. The number of carbonyl (C=O) groups is 1. The van der Waals surface area contributed by atoms with Gasteiger partial charge in [-0.05, 0) is 28.8 Å².